The quantitative estimate of drug-likeness (QED) is 0.757. The Labute approximate surface area is 90.2 Å². The highest BCUT2D eigenvalue weighted by molar-refractivity contribution is 5.51. The van der Waals surface area contributed by atoms with Crippen molar-refractivity contribution in [1.82, 2.24) is 0 Å². The van der Waals surface area contributed by atoms with E-state index in [0.717, 1.165) is 29.0 Å². The zero-order valence-corrected chi connectivity index (χ0v) is 9.33. The first-order valence-electron chi connectivity index (χ1n) is 4.88. The Hall–Kier alpha value is -1.69. The van der Waals surface area contributed by atoms with Crippen LogP contribution in [-0.4, -0.2) is 14.2 Å². The molecule has 80 valence electrons. The zero-order valence-electron chi connectivity index (χ0n) is 9.33. The number of nitriles is 1. The van der Waals surface area contributed by atoms with Crippen molar-refractivity contribution in [3.8, 4) is 17.6 Å². The number of hydrogen-bond acceptors (Lipinski definition) is 3. The number of ether oxygens (including phenoxy) is 2. The average molecular weight is 205 g/mol. The Morgan fingerprint density at radius 2 is 2.00 bits per heavy atom. The highest BCUT2D eigenvalue weighted by atomic mass is 16.5. The number of nitrogens with zero attached hydrogens (tertiary/aromatic N) is 1. The summed E-state index contributed by atoms with van der Waals surface area (Å²) in [4.78, 5) is 0. The van der Waals surface area contributed by atoms with Gasteiger partial charge in [0, 0.05) is 5.56 Å². The minimum absolute atomic E-state index is 0.406. The van der Waals surface area contributed by atoms with Crippen LogP contribution < -0.4 is 9.47 Å². The summed E-state index contributed by atoms with van der Waals surface area (Å²) in [5.41, 5.74) is 2.07. The predicted octanol–water partition coefficient (Wildman–Crippen LogP) is 2.33. The number of methoxy groups -OCH3 is 2. The molecule has 0 atom stereocenters. The Kier molecular flexibility index (Phi) is 3.99. The normalized spacial score (nSPS) is 9.47. The lowest BCUT2D eigenvalue weighted by Crippen LogP contribution is -1.99. The molecule has 0 saturated carbocycles. The maximum Gasteiger partial charge on any atom is 0.164 e. The van der Waals surface area contributed by atoms with Gasteiger partial charge in [-0.25, -0.2) is 0 Å². The second-order valence-electron chi connectivity index (χ2n) is 3.13. The van der Waals surface area contributed by atoms with Crippen molar-refractivity contribution < 1.29 is 9.47 Å². The van der Waals surface area contributed by atoms with Gasteiger partial charge in [-0.3, -0.25) is 0 Å². The fourth-order valence-electron chi connectivity index (χ4n) is 1.67. The predicted molar refractivity (Wildman–Crippen MR) is 58.2 cm³/mol. The summed E-state index contributed by atoms with van der Waals surface area (Å²) >= 11 is 0. The van der Waals surface area contributed by atoms with Crippen LogP contribution in [0.5, 0.6) is 11.5 Å². The lowest BCUT2D eigenvalue weighted by atomic mass is 10.0. The molecule has 15 heavy (non-hydrogen) atoms. The third-order valence-corrected chi connectivity index (χ3v) is 2.37. The van der Waals surface area contributed by atoms with E-state index < -0.39 is 0 Å². The van der Waals surface area contributed by atoms with Crippen LogP contribution in [-0.2, 0) is 12.8 Å². The summed E-state index contributed by atoms with van der Waals surface area (Å²) in [5.74, 6) is 1.46. The molecule has 1 aromatic carbocycles. The summed E-state index contributed by atoms with van der Waals surface area (Å²) in [6, 6.07) is 5.91. The van der Waals surface area contributed by atoms with Crippen LogP contribution in [0.4, 0.5) is 0 Å². The van der Waals surface area contributed by atoms with Crippen molar-refractivity contribution >= 4 is 0 Å². The topological polar surface area (TPSA) is 42.2 Å². The highest BCUT2D eigenvalue weighted by Gasteiger charge is 2.12. The molecule has 0 radical (unpaired) electrons. The maximum absolute atomic E-state index is 8.71. The average Bonchev–Trinajstić information content (AvgIpc) is 2.28. The molecule has 0 saturated heterocycles. The van der Waals surface area contributed by atoms with Crippen LogP contribution in [0.3, 0.4) is 0 Å². The zero-order chi connectivity index (χ0) is 11.3. The molecule has 0 aliphatic carbocycles. The largest absolute Gasteiger partial charge is 0.493 e. The molecule has 0 aliphatic rings. The van der Waals surface area contributed by atoms with Gasteiger partial charge < -0.3 is 9.47 Å². The molecule has 0 spiro atoms. The van der Waals surface area contributed by atoms with Gasteiger partial charge in [-0.2, -0.15) is 5.26 Å². The van der Waals surface area contributed by atoms with Crippen molar-refractivity contribution in [2.75, 3.05) is 14.2 Å². The van der Waals surface area contributed by atoms with E-state index in [0.29, 0.717) is 6.42 Å². The van der Waals surface area contributed by atoms with Crippen LogP contribution in [0.25, 0.3) is 0 Å². The standard InChI is InChI=1S/C12H15NO2/c1-4-10-9(7-8-13)5-6-11(14-2)12(10)15-3/h5-6H,4,7H2,1-3H3. The first-order chi connectivity index (χ1) is 7.28. The van der Waals surface area contributed by atoms with Crippen molar-refractivity contribution in [3.63, 3.8) is 0 Å². The lowest BCUT2D eigenvalue weighted by molar-refractivity contribution is 0.351. The van der Waals surface area contributed by atoms with Gasteiger partial charge in [-0.1, -0.05) is 13.0 Å². The monoisotopic (exact) mass is 205 g/mol. The number of benzene rings is 1. The lowest BCUT2D eigenvalue weighted by Gasteiger charge is -2.14. The molecule has 0 amide bonds. The molecule has 0 bridgehead atoms. The van der Waals surface area contributed by atoms with Gasteiger partial charge in [0.2, 0.25) is 0 Å². The number of rotatable bonds is 4. The van der Waals surface area contributed by atoms with E-state index in [1.165, 1.54) is 0 Å². The van der Waals surface area contributed by atoms with Gasteiger partial charge in [0.05, 0.1) is 26.7 Å². The van der Waals surface area contributed by atoms with Gasteiger partial charge in [-0.05, 0) is 18.1 Å². The van der Waals surface area contributed by atoms with Crippen LogP contribution in [0.2, 0.25) is 0 Å². The smallest absolute Gasteiger partial charge is 0.164 e. The molecule has 3 heteroatoms. The third kappa shape index (κ3) is 2.21. The molecule has 0 aromatic heterocycles. The third-order valence-electron chi connectivity index (χ3n) is 2.37. The van der Waals surface area contributed by atoms with E-state index >= 15 is 0 Å². The van der Waals surface area contributed by atoms with E-state index in [1.807, 2.05) is 19.1 Å². The summed E-state index contributed by atoms with van der Waals surface area (Å²) in [7, 11) is 3.23. The van der Waals surface area contributed by atoms with E-state index in [2.05, 4.69) is 6.07 Å². The molecule has 0 aliphatic heterocycles. The van der Waals surface area contributed by atoms with Crippen LogP contribution >= 0.6 is 0 Å². The molecule has 1 rings (SSSR count). The Morgan fingerprint density at radius 3 is 2.47 bits per heavy atom. The fourth-order valence-corrected chi connectivity index (χ4v) is 1.67. The van der Waals surface area contributed by atoms with Gasteiger partial charge >= 0.3 is 0 Å². The summed E-state index contributed by atoms with van der Waals surface area (Å²) < 4.78 is 10.5. The maximum atomic E-state index is 8.71. The Balaban J connectivity index is 3.28. The van der Waals surface area contributed by atoms with Crippen molar-refractivity contribution in [2.24, 2.45) is 0 Å². The van der Waals surface area contributed by atoms with E-state index in [-0.39, 0.29) is 0 Å². The van der Waals surface area contributed by atoms with Crippen LogP contribution in [0.15, 0.2) is 12.1 Å². The summed E-state index contributed by atoms with van der Waals surface area (Å²) in [5, 5.41) is 8.71. The Bertz CT molecular complexity index is 380. The van der Waals surface area contributed by atoms with E-state index in [4.69, 9.17) is 14.7 Å². The second-order valence-corrected chi connectivity index (χ2v) is 3.13. The minimum atomic E-state index is 0.406. The molecular formula is C12H15NO2. The highest BCUT2D eigenvalue weighted by Crippen LogP contribution is 2.33. The van der Waals surface area contributed by atoms with Gasteiger partial charge in [-0.15, -0.1) is 0 Å². The fraction of sp³-hybridized carbons (Fsp3) is 0.417. The van der Waals surface area contributed by atoms with Crippen LogP contribution in [0.1, 0.15) is 18.1 Å². The van der Waals surface area contributed by atoms with Crippen LogP contribution in [0, 0.1) is 11.3 Å². The first kappa shape index (κ1) is 11.4. The molecule has 0 unspecified atom stereocenters. The van der Waals surface area contributed by atoms with Crippen molar-refractivity contribution in [3.05, 3.63) is 23.3 Å². The summed E-state index contributed by atoms with van der Waals surface area (Å²) in [6.45, 7) is 2.04. The SMILES string of the molecule is CCc1c(CC#N)ccc(OC)c1OC. The minimum Gasteiger partial charge on any atom is -0.493 e. The van der Waals surface area contributed by atoms with Gasteiger partial charge in [0.15, 0.2) is 11.5 Å². The van der Waals surface area contributed by atoms with Crippen molar-refractivity contribution in [1.29, 1.82) is 5.26 Å². The molecular weight excluding hydrogens is 190 g/mol. The van der Waals surface area contributed by atoms with Gasteiger partial charge in [0.1, 0.15) is 0 Å². The molecule has 1 aromatic rings. The number of hydrogen-bond donors (Lipinski definition) is 0. The second kappa shape index (κ2) is 5.26. The summed E-state index contributed by atoms with van der Waals surface area (Å²) in [6.07, 6.45) is 1.24. The molecule has 0 N–H and O–H groups in total. The van der Waals surface area contributed by atoms with E-state index in [9.17, 15) is 0 Å². The van der Waals surface area contributed by atoms with Gasteiger partial charge in [0.25, 0.3) is 0 Å². The molecule has 3 nitrogen and oxygen atoms in total. The molecule has 0 fully saturated rings. The Morgan fingerprint density at radius 1 is 1.27 bits per heavy atom. The first-order valence-corrected chi connectivity index (χ1v) is 4.88. The van der Waals surface area contributed by atoms with Crippen molar-refractivity contribution in [2.45, 2.75) is 19.8 Å². The molecule has 0 heterocycles. The van der Waals surface area contributed by atoms with E-state index in [1.54, 1.807) is 14.2 Å².